The van der Waals surface area contributed by atoms with Crippen LogP contribution in [-0.4, -0.2) is 31.2 Å². The molecule has 0 fully saturated rings. The summed E-state index contributed by atoms with van der Waals surface area (Å²) in [6.45, 7) is 8.87. The Morgan fingerprint density at radius 2 is 1.57 bits per heavy atom. The van der Waals surface area contributed by atoms with Crippen LogP contribution in [0.4, 0.5) is 17.1 Å². The minimum absolute atomic E-state index is 0.0633. The number of quaternary nitrogens is 1. The number of ether oxygens (including phenoxy) is 2. The molecule has 0 aromatic heterocycles. The summed E-state index contributed by atoms with van der Waals surface area (Å²) in [4.78, 5) is 18.4. The smallest absolute Gasteiger partial charge is 0.270 e. The Hall–Kier alpha value is -3.91. The van der Waals surface area contributed by atoms with Crippen molar-refractivity contribution in [3.05, 3.63) is 173 Å². The second kappa shape index (κ2) is 18.9. The van der Waals surface area contributed by atoms with Crippen LogP contribution in [0.3, 0.4) is 0 Å². The Balaban J connectivity index is 1.23. The highest BCUT2D eigenvalue weighted by Crippen LogP contribution is 2.48. The number of nitrogens with zero attached hydrogens (tertiary/aromatic N) is 2. The van der Waals surface area contributed by atoms with Crippen molar-refractivity contribution in [3.63, 3.8) is 0 Å². The topological polar surface area (TPSA) is 81.5 Å². The molecule has 1 heterocycles. The highest BCUT2D eigenvalue weighted by atomic mass is 79.9. The number of hydrogen-bond acceptors (Lipinski definition) is 8. The summed E-state index contributed by atoms with van der Waals surface area (Å²) in [7, 11) is 0. The fraction of sp³-hybridized carbons (Fsp3) is 0.122. The van der Waals surface area contributed by atoms with Crippen molar-refractivity contribution >= 4 is 84.2 Å². The molecular formula is C41H36Br2N3O4S3+. The first-order chi connectivity index (χ1) is 25.7. The fourth-order valence-electron chi connectivity index (χ4n) is 5.33. The second-order valence-electron chi connectivity index (χ2n) is 11.8. The maximum atomic E-state index is 11.7. The molecule has 270 valence electrons. The molecule has 6 rings (SSSR count). The van der Waals surface area contributed by atoms with E-state index in [9.17, 15) is 10.1 Å². The highest BCUT2D eigenvalue weighted by molar-refractivity contribution is 9.10. The van der Waals surface area contributed by atoms with Gasteiger partial charge in [0.15, 0.2) is 0 Å². The molecule has 0 saturated heterocycles. The first-order valence-corrected chi connectivity index (χ1v) is 20.7. The van der Waals surface area contributed by atoms with E-state index < -0.39 is 0 Å². The molecule has 0 bridgehead atoms. The van der Waals surface area contributed by atoms with Gasteiger partial charge in [-0.2, -0.15) is 0 Å². The normalized spacial score (nSPS) is 13.2. The fourth-order valence-corrected chi connectivity index (χ4v) is 9.10. The number of rotatable bonds is 16. The van der Waals surface area contributed by atoms with Crippen LogP contribution in [0.25, 0.3) is 0 Å². The molecule has 1 aliphatic rings. The zero-order chi connectivity index (χ0) is 37.2. The molecule has 5 aromatic carbocycles. The quantitative estimate of drug-likeness (QED) is 0.0262. The van der Waals surface area contributed by atoms with Gasteiger partial charge in [-0.25, -0.2) is 0 Å². The summed E-state index contributed by atoms with van der Waals surface area (Å²) < 4.78 is 14.1. The van der Waals surface area contributed by atoms with Gasteiger partial charge in [0.2, 0.25) is 0 Å². The first kappa shape index (κ1) is 38.8. The number of nitrogens with two attached hydrogens (primary N) is 1. The van der Waals surface area contributed by atoms with Crippen molar-refractivity contribution in [2.24, 2.45) is 0 Å². The van der Waals surface area contributed by atoms with Gasteiger partial charge in [-0.1, -0.05) is 98.0 Å². The molecule has 0 aliphatic carbocycles. The molecule has 53 heavy (non-hydrogen) atoms. The van der Waals surface area contributed by atoms with Crippen LogP contribution in [0.15, 0.2) is 172 Å². The van der Waals surface area contributed by atoms with Crippen molar-refractivity contribution in [2.45, 2.75) is 21.6 Å². The van der Waals surface area contributed by atoms with Crippen LogP contribution in [0.1, 0.15) is 5.56 Å². The van der Waals surface area contributed by atoms with E-state index in [0.717, 1.165) is 67.9 Å². The van der Waals surface area contributed by atoms with E-state index in [2.05, 4.69) is 98.1 Å². The van der Waals surface area contributed by atoms with E-state index in [4.69, 9.17) is 9.47 Å². The molecule has 0 radical (unpaired) electrons. The van der Waals surface area contributed by atoms with E-state index in [0.29, 0.717) is 19.8 Å². The number of nitro benzene ring substituents is 1. The maximum absolute atomic E-state index is 11.7. The van der Waals surface area contributed by atoms with Crippen LogP contribution >= 0.6 is 67.1 Å². The van der Waals surface area contributed by atoms with Gasteiger partial charge in [0.05, 0.1) is 27.1 Å². The van der Waals surface area contributed by atoms with Crippen molar-refractivity contribution in [1.29, 1.82) is 0 Å². The van der Waals surface area contributed by atoms with E-state index >= 15 is 0 Å². The third-order valence-electron chi connectivity index (χ3n) is 7.85. The molecule has 2 N–H and O–H groups in total. The molecular weight excluding hydrogens is 854 g/mol. The molecule has 0 unspecified atom stereocenters. The number of fused-ring (bicyclic) bond motifs is 1. The Morgan fingerprint density at radius 1 is 0.887 bits per heavy atom. The summed E-state index contributed by atoms with van der Waals surface area (Å²) in [6, 6.07) is 37.3. The van der Waals surface area contributed by atoms with Gasteiger partial charge < -0.3 is 19.7 Å². The zero-order valence-electron chi connectivity index (χ0n) is 28.7. The Bertz CT molecular complexity index is 2130. The maximum Gasteiger partial charge on any atom is 0.270 e. The van der Waals surface area contributed by atoms with Crippen molar-refractivity contribution < 1.29 is 19.7 Å². The van der Waals surface area contributed by atoms with Crippen molar-refractivity contribution in [3.8, 4) is 11.5 Å². The number of halogens is 2. The molecule has 5 aromatic rings. The van der Waals surface area contributed by atoms with Gasteiger partial charge in [0, 0.05) is 46.7 Å². The van der Waals surface area contributed by atoms with Gasteiger partial charge in [-0.3, -0.25) is 10.1 Å². The standard InChI is InChI=1S/C41H35Br2N3O4S3/c1-28-8-18-37(44-20-22-49-33-14-9-30(42)10-15-33)39(24-28)51-29(2)25-36(52-35-6-4-3-5-7-35)27-41-45(21-23-50-34-16-11-31(43)12-17-34)38-19-13-32(46(47)48)26-40(38)53-41/h3-19,24-27,44H,2,20-23H2,1H3/p+1. The van der Waals surface area contributed by atoms with E-state index in [1.807, 2.05) is 72.8 Å². The van der Waals surface area contributed by atoms with Crippen LogP contribution in [-0.2, 0) is 0 Å². The number of benzene rings is 5. The number of thioether (sulfide) groups is 3. The number of nitro groups is 1. The van der Waals surface area contributed by atoms with Gasteiger partial charge in [-0.15, -0.1) is 0 Å². The number of non-ortho nitro benzene ring substituents is 1. The summed E-state index contributed by atoms with van der Waals surface area (Å²) in [5.74, 6) is 1.61. The number of anilines is 1. The summed E-state index contributed by atoms with van der Waals surface area (Å²) in [6.07, 6.45) is 4.25. The Morgan fingerprint density at radius 3 is 2.25 bits per heavy atom. The minimum atomic E-state index is -0.353. The summed E-state index contributed by atoms with van der Waals surface area (Å²) >= 11 is 11.7. The van der Waals surface area contributed by atoms with Gasteiger partial charge >= 0.3 is 0 Å². The zero-order valence-corrected chi connectivity index (χ0v) is 34.4. The van der Waals surface area contributed by atoms with Crippen LogP contribution in [0.2, 0.25) is 0 Å². The van der Waals surface area contributed by atoms with Crippen LogP contribution in [0.5, 0.6) is 11.5 Å². The second-order valence-corrected chi connectivity index (χ2v) is 17.0. The van der Waals surface area contributed by atoms with Crippen molar-refractivity contribution in [1.82, 2.24) is 0 Å². The van der Waals surface area contributed by atoms with E-state index in [1.165, 1.54) is 17.3 Å². The van der Waals surface area contributed by atoms with Gasteiger partial charge in [-0.05, 0) is 97.4 Å². The lowest BCUT2D eigenvalue weighted by molar-refractivity contribution is -0.574. The van der Waals surface area contributed by atoms with Crippen LogP contribution in [0, 0.1) is 17.0 Å². The summed E-state index contributed by atoms with van der Waals surface area (Å²) in [5.41, 5.74) is 3.27. The van der Waals surface area contributed by atoms with E-state index in [-0.39, 0.29) is 10.6 Å². The molecule has 0 atom stereocenters. The average Bonchev–Trinajstić information content (AvgIpc) is 3.48. The molecule has 0 saturated carbocycles. The monoisotopic (exact) mass is 888 g/mol. The first-order valence-electron chi connectivity index (χ1n) is 16.7. The number of aryl methyl sites for hydroxylation is 1. The third kappa shape index (κ3) is 11.3. The van der Waals surface area contributed by atoms with Gasteiger partial charge in [0.1, 0.15) is 36.9 Å². The van der Waals surface area contributed by atoms with Crippen molar-refractivity contribution in [2.75, 3.05) is 31.2 Å². The summed E-state index contributed by atoms with van der Waals surface area (Å²) in [5, 5.41) is 14.8. The molecule has 12 heteroatoms. The largest absolute Gasteiger partial charge is 0.492 e. The Labute approximate surface area is 339 Å². The average molecular weight is 891 g/mol. The molecule has 7 nitrogen and oxygen atoms in total. The molecule has 0 spiro atoms. The highest BCUT2D eigenvalue weighted by Gasteiger charge is 2.27. The predicted octanol–water partition coefficient (Wildman–Crippen LogP) is 11.5. The predicted molar refractivity (Wildman–Crippen MR) is 227 cm³/mol. The van der Waals surface area contributed by atoms with Crippen LogP contribution < -0.4 is 19.7 Å². The lowest BCUT2D eigenvalue weighted by Crippen LogP contribution is -2.79. The lowest BCUT2D eigenvalue weighted by Gasteiger charge is -2.21. The lowest BCUT2D eigenvalue weighted by atomic mass is 10.2. The number of hydrogen-bond donors (Lipinski definition) is 1. The SMILES string of the molecule is C=C(C=C(C=C1Sc2cc([N+](=O)[O-])ccc2N1CCOc1ccc(Br)cc1)Sc1ccccc1)Sc1cc(C)ccc1[NH2+]CCOc1ccc(Br)cc1. The molecule has 0 amide bonds. The van der Waals surface area contributed by atoms with E-state index in [1.54, 1.807) is 35.7 Å². The minimum Gasteiger partial charge on any atom is -0.492 e. The number of allylic oxidation sites excluding steroid dienone is 2. The van der Waals surface area contributed by atoms with Gasteiger partial charge in [0.25, 0.3) is 5.69 Å². The third-order valence-corrected chi connectivity index (χ3v) is 11.9. The Kier molecular flexibility index (Phi) is 13.8. The molecule has 1 aliphatic heterocycles.